The number of aryl methyl sites for hydroxylation is 1. The van der Waals surface area contributed by atoms with E-state index in [1.54, 1.807) is 0 Å². The Bertz CT molecular complexity index is 838. The average molecular weight is 536 g/mol. The molecular weight excluding hydrogens is 503 g/mol. The molecule has 1 amide bonds. The number of nitrogens with one attached hydrogen (secondary N) is 2. The van der Waals surface area contributed by atoms with Crippen molar-refractivity contribution in [1.29, 1.82) is 0 Å². The predicted octanol–water partition coefficient (Wildman–Crippen LogP) is 3.31. The number of aliphatic imine (C=N–C) groups is 1. The maximum atomic E-state index is 13.3. The number of hydrogen-bond donors (Lipinski definition) is 2. The minimum atomic E-state index is -0.272. The van der Waals surface area contributed by atoms with E-state index in [0.717, 1.165) is 18.1 Å². The highest BCUT2D eigenvalue weighted by atomic mass is 127. The van der Waals surface area contributed by atoms with Crippen molar-refractivity contribution in [2.24, 2.45) is 4.99 Å². The third kappa shape index (κ3) is 7.50. The van der Waals surface area contributed by atoms with Crippen LogP contribution in [0.15, 0.2) is 59.6 Å². The van der Waals surface area contributed by atoms with Crippen LogP contribution in [-0.2, 0) is 16.1 Å². The summed E-state index contributed by atoms with van der Waals surface area (Å²) in [5.74, 6) is 0.579. The fraction of sp³-hybridized carbons (Fsp3) is 0.417. The van der Waals surface area contributed by atoms with E-state index in [0.29, 0.717) is 39.4 Å². The Morgan fingerprint density at radius 3 is 2.42 bits per heavy atom. The molecule has 2 N–H and O–H groups in total. The van der Waals surface area contributed by atoms with Crippen LogP contribution in [0, 0.1) is 6.92 Å². The number of carbonyl (C=O) groups excluding carboxylic acids is 1. The van der Waals surface area contributed by atoms with Gasteiger partial charge in [0.05, 0.1) is 25.7 Å². The number of halogens is 1. The summed E-state index contributed by atoms with van der Waals surface area (Å²) in [6, 6.07) is 18.2. The van der Waals surface area contributed by atoms with Crippen molar-refractivity contribution < 1.29 is 9.53 Å². The van der Waals surface area contributed by atoms with Gasteiger partial charge < -0.3 is 20.3 Å². The van der Waals surface area contributed by atoms with Gasteiger partial charge in [0.15, 0.2) is 5.96 Å². The Morgan fingerprint density at radius 2 is 1.74 bits per heavy atom. The molecule has 1 atom stereocenters. The maximum Gasteiger partial charge on any atom is 0.232 e. The van der Waals surface area contributed by atoms with Gasteiger partial charge in [-0.15, -0.1) is 24.0 Å². The van der Waals surface area contributed by atoms with Crippen molar-refractivity contribution in [3.05, 3.63) is 71.3 Å². The lowest BCUT2D eigenvalue weighted by Gasteiger charge is -2.31. The summed E-state index contributed by atoms with van der Waals surface area (Å²) in [7, 11) is 0. The first-order valence-electron chi connectivity index (χ1n) is 10.7. The molecule has 2 aromatic carbocycles. The molecule has 2 aromatic rings. The number of nitrogens with zero attached hydrogens (tertiary/aromatic N) is 2. The van der Waals surface area contributed by atoms with Gasteiger partial charge in [0, 0.05) is 26.2 Å². The molecule has 1 aliphatic rings. The molecule has 7 heteroatoms. The first-order valence-corrected chi connectivity index (χ1v) is 10.7. The molecule has 0 aromatic heterocycles. The molecule has 0 saturated carbocycles. The maximum absolute atomic E-state index is 13.3. The quantitative estimate of drug-likeness (QED) is 0.324. The molecular formula is C24H33IN4O2. The van der Waals surface area contributed by atoms with Crippen molar-refractivity contribution in [2.75, 3.05) is 39.4 Å². The van der Waals surface area contributed by atoms with Crippen LogP contribution in [-0.4, -0.2) is 56.2 Å². The topological polar surface area (TPSA) is 66.0 Å². The SMILES string of the molecule is CCNC(=NCc1ccccc1C)NCC(C(=O)N1CCOCC1)c1ccccc1.I. The largest absolute Gasteiger partial charge is 0.378 e. The van der Waals surface area contributed by atoms with E-state index in [2.05, 4.69) is 29.7 Å². The molecule has 1 unspecified atom stereocenters. The standard InChI is InChI=1S/C24H32N4O2.HI/c1-3-25-24(26-17-21-12-8-7-9-19(21)2)27-18-22(20-10-5-4-6-11-20)23(29)28-13-15-30-16-14-28;/h4-12,22H,3,13-18H2,1-2H3,(H2,25,26,27);1H. The first-order chi connectivity index (χ1) is 14.7. The number of amides is 1. The van der Waals surface area contributed by atoms with Gasteiger partial charge in [-0.3, -0.25) is 4.79 Å². The van der Waals surface area contributed by atoms with Crippen LogP contribution in [0.5, 0.6) is 0 Å². The number of hydrogen-bond acceptors (Lipinski definition) is 3. The molecule has 1 heterocycles. The fourth-order valence-electron chi connectivity index (χ4n) is 3.53. The number of carbonyl (C=O) groups is 1. The summed E-state index contributed by atoms with van der Waals surface area (Å²) in [6.45, 7) is 8.45. The number of guanidine groups is 1. The summed E-state index contributed by atoms with van der Waals surface area (Å²) in [4.78, 5) is 19.9. The second kappa shape index (κ2) is 13.3. The first kappa shape index (κ1) is 25.1. The predicted molar refractivity (Wildman–Crippen MR) is 136 cm³/mol. The lowest BCUT2D eigenvalue weighted by atomic mass is 9.97. The van der Waals surface area contributed by atoms with Crippen molar-refractivity contribution in [3.8, 4) is 0 Å². The van der Waals surface area contributed by atoms with Gasteiger partial charge in [-0.25, -0.2) is 4.99 Å². The van der Waals surface area contributed by atoms with Crippen LogP contribution in [0.1, 0.15) is 29.5 Å². The van der Waals surface area contributed by atoms with Crippen LogP contribution in [0.4, 0.5) is 0 Å². The van der Waals surface area contributed by atoms with Gasteiger partial charge >= 0.3 is 0 Å². The molecule has 3 rings (SSSR count). The summed E-state index contributed by atoms with van der Waals surface area (Å²) in [5.41, 5.74) is 3.43. The second-order valence-electron chi connectivity index (χ2n) is 7.40. The zero-order valence-electron chi connectivity index (χ0n) is 18.3. The molecule has 6 nitrogen and oxygen atoms in total. The van der Waals surface area contributed by atoms with Gasteiger partial charge in [-0.1, -0.05) is 54.6 Å². The van der Waals surface area contributed by atoms with E-state index < -0.39 is 0 Å². The zero-order valence-corrected chi connectivity index (χ0v) is 20.7. The molecule has 168 valence electrons. The normalized spacial score (nSPS) is 15.0. The monoisotopic (exact) mass is 536 g/mol. The molecule has 0 radical (unpaired) electrons. The highest BCUT2D eigenvalue weighted by Crippen LogP contribution is 2.19. The Morgan fingerprint density at radius 1 is 1.06 bits per heavy atom. The van der Waals surface area contributed by atoms with Crippen molar-refractivity contribution >= 4 is 35.8 Å². The molecule has 1 saturated heterocycles. The van der Waals surface area contributed by atoms with Crippen LogP contribution in [0.25, 0.3) is 0 Å². The van der Waals surface area contributed by atoms with E-state index in [1.165, 1.54) is 11.1 Å². The van der Waals surface area contributed by atoms with E-state index >= 15 is 0 Å². The lowest BCUT2D eigenvalue weighted by Crippen LogP contribution is -2.47. The van der Waals surface area contributed by atoms with E-state index in [-0.39, 0.29) is 35.8 Å². The van der Waals surface area contributed by atoms with Crippen molar-refractivity contribution in [2.45, 2.75) is 26.3 Å². The Balaban J connectivity index is 0.00000341. The van der Waals surface area contributed by atoms with E-state index in [1.807, 2.05) is 54.3 Å². The minimum Gasteiger partial charge on any atom is -0.378 e. The minimum absolute atomic E-state index is 0. The summed E-state index contributed by atoms with van der Waals surface area (Å²) in [5, 5.41) is 6.68. The fourth-order valence-corrected chi connectivity index (χ4v) is 3.53. The smallest absolute Gasteiger partial charge is 0.232 e. The average Bonchev–Trinajstić information content (AvgIpc) is 2.79. The van der Waals surface area contributed by atoms with Gasteiger partial charge in [0.1, 0.15) is 0 Å². The zero-order chi connectivity index (χ0) is 21.2. The molecule has 0 bridgehead atoms. The molecule has 1 fully saturated rings. The summed E-state index contributed by atoms with van der Waals surface area (Å²) < 4.78 is 5.41. The molecule has 0 aliphatic carbocycles. The van der Waals surface area contributed by atoms with Crippen molar-refractivity contribution in [1.82, 2.24) is 15.5 Å². The number of morpholine rings is 1. The third-order valence-electron chi connectivity index (χ3n) is 5.31. The van der Waals surface area contributed by atoms with Gasteiger partial charge in [0.2, 0.25) is 5.91 Å². The van der Waals surface area contributed by atoms with Gasteiger partial charge in [-0.2, -0.15) is 0 Å². The van der Waals surface area contributed by atoms with Gasteiger partial charge in [-0.05, 0) is 30.5 Å². The lowest BCUT2D eigenvalue weighted by molar-refractivity contribution is -0.136. The van der Waals surface area contributed by atoms with Crippen LogP contribution in [0.3, 0.4) is 0 Å². The highest BCUT2D eigenvalue weighted by Gasteiger charge is 2.27. The van der Waals surface area contributed by atoms with Gasteiger partial charge in [0.25, 0.3) is 0 Å². The highest BCUT2D eigenvalue weighted by molar-refractivity contribution is 14.0. The van der Waals surface area contributed by atoms with E-state index in [9.17, 15) is 4.79 Å². The number of ether oxygens (including phenoxy) is 1. The Labute approximate surface area is 202 Å². The number of benzene rings is 2. The third-order valence-corrected chi connectivity index (χ3v) is 5.31. The van der Waals surface area contributed by atoms with Crippen LogP contribution >= 0.6 is 24.0 Å². The van der Waals surface area contributed by atoms with E-state index in [4.69, 9.17) is 9.73 Å². The number of rotatable bonds is 7. The summed E-state index contributed by atoms with van der Waals surface area (Å²) in [6.07, 6.45) is 0. The molecule has 0 spiro atoms. The Hall–Kier alpha value is -2.13. The van der Waals surface area contributed by atoms with Crippen molar-refractivity contribution in [3.63, 3.8) is 0 Å². The van der Waals surface area contributed by atoms with Crippen LogP contribution in [0.2, 0.25) is 0 Å². The second-order valence-corrected chi connectivity index (χ2v) is 7.40. The molecule has 31 heavy (non-hydrogen) atoms. The molecule has 1 aliphatic heterocycles. The van der Waals surface area contributed by atoms with Crippen LogP contribution < -0.4 is 10.6 Å². The summed E-state index contributed by atoms with van der Waals surface area (Å²) >= 11 is 0. The Kier molecular flexibility index (Phi) is 10.8.